The number of hydrogen-bond donors (Lipinski definition) is 2. The van der Waals surface area contributed by atoms with Crippen molar-refractivity contribution in [2.45, 2.75) is 6.54 Å². The number of H-pyrrole nitrogens is 1. The van der Waals surface area contributed by atoms with Crippen LogP contribution < -0.4 is 4.74 Å². The zero-order valence-electron chi connectivity index (χ0n) is 13.0. The maximum absolute atomic E-state index is 9.63. The van der Waals surface area contributed by atoms with Gasteiger partial charge in [0, 0.05) is 6.21 Å². The van der Waals surface area contributed by atoms with Gasteiger partial charge in [0.2, 0.25) is 5.95 Å². The summed E-state index contributed by atoms with van der Waals surface area (Å²) < 4.78 is 7.42. The highest BCUT2D eigenvalue weighted by molar-refractivity contribution is 7.71. The maximum atomic E-state index is 9.63. The average molecular weight is 340 g/mol. The summed E-state index contributed by atoms with van der Waals surface area (Å²) in [5, 5.41) is 16.5. The minimum Gasteiger partial charge on any atom is -0.504 e. The third-order valence-electron chi connectivity index (χ3n) is 3.45. The molecule has 2 aromatic carbocycles. The van der Waals surface area contributed by atoms with Gasteiger partial charge < -0.3 is 9.84 Å². The molecule has 0 unspecified atom stereocenters. The van der Waals surface area contributed by atoms with Crippen molar-refractivity contribution in [1.82, 2.24) is 14.8 Å². The van der Waals surface area contributed by atoms with Gasteiger partial charge in [-0.1, -0.05) is 30.3 Å². The normalized spacial score (nSPS) is 11.0. The first-order chi connectivity index (χ1) is 11.7. The molecule has 1 aromatic heterocycles. The van der Waals surface area contributed by atoms with Crippen LogP contribution in [0.1, 0.15) is 11.1 Å². The first-order valence-corrected chi connectivity index (χ1v) is 7.68. The van der Waals surface area contributed by atoms with Crippen LogP contribution in [-0.2, 0) is 6.54 Å². The van der Waals surface area contributed by atoms with Crippen molar-refractivity contribution in [3.8, 4) is 11.5 Å². The average Bonchev–Trinajstić information content (AvgIpc) is 2.95. The van der Waals surface area contributed by atoms with E-state index in [0.717, 1.165) is 11.1 Å². The molecule has 1 heterocycles. The number of nitrogens with one attached hydrogen (secondary N) is 1. The SMILES string of the molecule is COc1cc(/C=N/c2n[nH]c(=S)n2Cc2ccccc2)ccc1O. The Morgan fingerprint density at radius 1 is 1.29 bits per heavy atom. The predicted octanol–water partition coefficient (Wildman–Crippen LogP) is 3.45. The van der Waals surface area contributed by atoms with Gasteiger partial charge in [0.15, 0.2) is 16.3 Å². The molecule has 0 fully saturated rings. The molecule has 0 radical (unpaired) electrons. The van der Waals surface area contributed by atoms with Gasteiger partial charge in [-0.25, -0.2) is 10.1 Å². The molecular weight excluding hydrogens is 324 g/mol. The van der Waals surface area contributed by atoms with Crippen LogP contribution in [0.3, 0.4) is 0 Å². The van der Waals surface area contributed by atoms with E-state index in [1.807, 2.05) is 34.9 Å². The Balaban J connectivity index is 1.87. The van der Waals surface area contributed by atoms with Crippen LogP contribution in [0.2, 0.25) is 0 Å². The van der Waals surface area contributed by atoms with Crippen molar-refractivity contribution in [3.63, 3.8) is 0 Å². The van der Waals surface area contributed by atoms with E-state index in [9.17, 15) is 5.11 Å². The number of rotatable bonds is 5. The summed E-state index contributed by atoms with van der Waals surface area (Å²) in [5.74, 6) is 0.958. The molecule has 0 spiro atoms. The molecule has 7 heteroatoms. The Morgan fingerprint density at radius 3 is 2.83 bits per heavy atom. The van der Waals surface area contributed by atoms with Crippen molar-refractivity contribution >= 4 is 24.4 Å². The highest BCUT2D eigenvalue weighted by atomic mass is 32.1. The van der Waals surface area contributed by atoms with E-state index in [-0.39, 0.29) is 5.75 Å². The molecule has 0 saturated carbocycles. The largest absolute Gasteiger partial charge is 0.504 e. The molecule has 122 valence electrons. The number of aromatic nitrogens is 3. The molecule has 6 nitrogen and oxygen atoms in total. The molecular formula is C17H16N4O2S. The Labute approximate surface area is 144 Å². The second-order valence-corrected chi connectivity index (χ2v) is 5.48. The van der Waals surface area contributed by atoms with Crippen molar-refractivity contribution < 1.29 is 9.84 Å². The fraction of sp³-hybridized carbons (Fsp3) is 0.118. The lowest BCUT2D eigenvalue weighted by Gasteiger charge is -2.04. The van der Waals surface area contributed by atoms with Crippen LogP contribution in [0.15, 0.2) is 53.5 Å². The summed E-state index contributed by atoms with van der Waals surface area (Å²) >= 11 is 5.28. The summed E-state index contributed by atoms with van der Waals surface area (Å²) in [7, 11) is 1.50. The summed E-state index contributed by atoms with van der Waals surface area (Å²) in [4.78, 5) is 4.39. The van der Waals surface area contributed by atoms with Crippen LogP contribution in [0, 0.1) is 4.77 Å². The Hall–Kier alpha value is -2.93. The van der Waals surface area contributed by atoms with Gasteiger partial charge in [0.25, 0.3) is 0 Å². The Bertz CT molecular complexity index is 916. The molecule has 0 amide bonds. The number of aromatic amines is 1. The topological polar surface area (TPSA) is 75.4 Å². The van der Waals surface area contributed by atoms with Crippen molar-refractivity contribution in [2.75, 3.05) is 7.11 Å². The standard InChI is InChI=1S/C17H16N4O2S/c1-23-15-9-13(7-8-14(15)22)10-18-16-19-20-17(24)21(16)11-12-5-3-2-4-6-12/h2-10,22H,11H2,1H3,(H,20,24)/b18-10+. The van der Waals surface area contributed by atoms with Crippen molar-refractivity contribution in [1.29, 1.82) is 0 Å². The third kappa shape index (κ3) is 3.52. The third-order valence-corrected chi connectivity index (χ3v) is 3.77. The molecule has 0 bridgehead atoms. The van der Waals surface area contributed by atoms with Crippen LogP contribution >= 0.6 is 12.2 Å². The number of hydrogen-bond acceptors (Lipinski definition) is 5. The minimum atomic E-state index is 0.0846. The second-order valence-electron chi connectivity index (χ2n) is 5.09. The summed E-state index contributed by atoms with van der Waals surface area (Å²) in [6.45, 7) is 0.585. The maximum Gasteiger partial charge on any atom is 0.249 e. The Kier molecular flexibility index (Phi) is 4.72. The fourth-order valence-electron chi connectivity index (χ4n) is 2.22. The Morgan fingerprint density at radius 2 is 2.08 bits per heavy atom. The van der Waals surface area contributed by atoms with E-state index in [2.05, 4.69) is 15.2 Å². The van der Waals surface area contributed by atoms with E-state index >= 15 is 0 Å². The zero-order chi connectivity index (χ0) is 16.9. The van der Waals surface area contributed by atoms with Crippen LogP contribution in [-0.4, -0.2) is 33.2 Å². The van der Waals surface area contributed by atoms with Crippen LogP contribution in [0.5, 0.6) is 11.5 Å². The van der Waals surface area contributed by atoms with Gasteiger partial charge in [-0.15, -0.1) is 5.10 Å². The molecule has 3 aromatic rings. The van der Waals surface area contributed by atoms with Gasteiger partial charge in [0.05, 0.1) is 13.7 Å². The van der Waals surface area contributed by atoms with Crippen molar-refractivity contribution in [2.24, 2.45) is 4.99 Å². The molecule has 24 heavy (non-hydrogen) atoms. The molecule has 0 aliphatic rings. The summed E-state index contributed by atoms with van der Waals surface area (Å²) in [6.07, 6.45) is 1.65. The number of benzene rings is 2. The molecule has 0 aliphatic heterocycles. The first-order valence-electron chi connectivity index (χ1n) is 7.27. The number of nitrogens with zero attached hydrogens (tertiary/aromatic N) is 3. The lowest BCUT2D eigenvalue weighted by atomic mass is 10.2. The zero-order valence-corrected chi connectivity index (χ0v) is 13.8. The molecule has 0 saturated heterocycles. The highest BCUT2D eigenvalue weighted by Crippen LogP contribution is 2.25. The fourth-order valence-corrected chi connectivity index (χ4v) is 2.42. The number of aromatic hydroxyl groups is 1. The molecule has 3 rings (SSSR count). The molecule has 0 atom stereocenters. The quantitative estimate of drug-likeness (QED) is 0.551. The van der Waals surface area contributed by atoms with E-state index < -0.39 is 0 Å². The number of ether oxygens (including phenoxy) is 1. The first kappa shape index (κ1) is 15.9. The van der Waals surface area contributed by atoms with E-state index in [0.29, 0.717) is 23.0 Å². The predicted molar refractivity (Wildman–Crippen MR) is 94.9 cm³/mol. The molecule has 2 N–H and O–H groups in total. The smallest absolute Gasteiger partial charge is 0.249 e. The van der Waals surface area contributed by atoms with Gasteiger partial charge in [-0.2, -0.15) is 0 Å². The van der Waals surface area contributed by atoms with E-state index in [4.69, 9.17) is 17.0 Å². The lowest BCUT2D eigenvalue weighted by Crippen LogP contribution is -1.99. The van der Waals surface area contributed by atoms with Gasteiger partial charge >= 0.3 is 0 Å². The van der Waals surface area contributed by atoms with Gasteiger partial charge in [-0.05, 0) is 41.5 Å². The van der Waals surface area contributed by atoms with Gasteiger partial charge in [-0.3, -0.25) is 4.57 Å². The minimum absolute atomic E-state index is 0.0846. The van der Waals surface area contributed by atoms with Gasteiger partial charge in [0.1, 0.15) is 0 Å². The number of phenolic OH excluding ortho intramolecular Hbond substituents is 1. The number of methoxy groups -OCH3 is 1. The summed E-state index contributed by atoms with van der Waals surface area (Å²) in [6, 6.07) is 15.0. The summed E-state index contributed by atoms with van der Waals surface area (Å²) in [5.41, 5.74) is 1.89. The number of aliphatic imine (C=N–C) groups is 1. The monoisotopic (exact) mass is 340 g/mol. The molecule has 0 aliphatic carbocycles. The van der Waals surface area contributed by atoms with Crippen LogP contribution in [0.25, 0.3) is 0 Å². The second kappa shape index (κ2) is 7.10. The lowest BCUT2D eigenvalue weighted by molar-refractivity contribution is 0.373. The van der Waals surface area contributed by atoms with E-state index in [1.165, 1.54) is 7.11 Å². The van der Waals surface area contributed by atoms with E-state index in [1.54, 1.807) is 24.4 Å². The van der Waals surface area contributed by atoms with Crippen LogP contribution in [0.4, 0.5) is 5.95 Å². The number of phenols is 1. The van der Waals surface area contributed by atoms with Crippen molar-refractivity contribution in [3.05, 3.63) is 64.4 Å². The highest BCUT2D eigenvalue weighted by Gasteiger charge is 2.06.